The molecule has 1 aliphatic heterocycles. The van der Waals surface area contributed by atoms with Crippen LogP contribution in [0.3, 0.4) is 0 Å². The van der Waals surface area contributed by atoms with Crippen LogP contribution in [0, 0.1) is 0 Å². The predicted octanol–water partition coefficient (Wildman–Crippen LogP) is 0.773. The molecular formula is C10H11F2NO4. The first kappa shape index (κ1) is 11.9. The highest BCUT2D eigenvalue weighted by atomic mass is 19.3. The molecule has 1 aliphatic rings. The topological polar surface area (TPSA) is 71.0 Å². The molecular weight excluding hydrogens is 236 g/mol. The highest BCUT2D eigenvalue weighted by Gasteiger charge is 2.43. The summed E-state index contributed by atoms with van der Waals surface area (Å²) in [6, 6.07) is 4.18. The van der Waals surface area contributed by atoms with E-state index < -0.39 is 12.4 Å². The van der Waals surface area contributed by atoms with Crippen molar-refractivity contribution in [1.82, 2.24) is 0 Å². The molecule has 94 valence electrons. The number of rotatable bonds is 4. The summed E-state index contributed by atoms with van der Waals surface area (Å²) in [7, 11) is 0. The van der Waals surface area contributed by atoms with Gasteiger partial charge in [0, 0.05) is 18.3 Å². The summed E-state index contributed by atoms with van der Waals surface area (Å²) in [6.07, 6.45) is -4.55. The summed E-state index contributed by atoms with van der Waals surface area (Å²) in [5.74, 6) is -0.109. The molecule has 5 nitrogen and oxygen atoms in total. The van der Waals surface area contributed by atoms with Crippen molar-refractivity contribution in [2.75, 3.05) is 18.5 Å². The van der Waals surface area contributed by atoms with Gasteiger partial charge in [0.05, 0.1) is 12.7 Å². The lowest BCUT2D eigenvalue weighted by atomic mass is 10.2. The maximum atomic E-state index is 12.7. The summed E-state index contributed by atoms with van der Waals surface area (Å²) < 4.78 is 33.9. The minimum absolute atomic E-state index is 0.0387. The standard InChI is InChI=1S/C10H11F2NO4/c11-10(12)16-8-2-1-6(3-9(8)17-10)13-4-7(15)5-14/h1-3,7,13-15H,4-5H2. The zero-order chi connectivity index (χ0) is 12.5. The van der Waals surface area contributed by atoms with E-state index in [-0.39, 0.29) is 24.7 Å². The summed E-state index contributed by atoms with van der Waals surface area (Å²) in [5.41, 5.74) is 0.484. The number of hydrogen-bond acceptors (Lipinski definition) is 5. The van der Waals surface area contributed by atoms with Crippen LogP contribution in [0.2, 0.25) is 0 Å². The highest BCUT2D eigenvalue weighted by Crippen LogP contribution is 2.42. The van der Waals surface area contributed by atoms with Gasteiger partial charge < -0.3 is 25.0 Å². The molecule has 2 rings (SSSR count). The molecule has 17 heavy (non-hydrogen) atoms. The monoisotopic (exact) mass is 247 g/mol. The first-order chi connectivity index (χ1) is 8.00. The number of aliphatic hydroxyl groups is 2. The first-order valence-corrected chi connectivity index (χ1v) is 4.93. The normalized spacial score (nSPS) is 17.9. The highest BCUT2D eigenvalue weighted by molar-refractivity contribution is 5.55. The van der Waals surface area contributed by atoms with Crippen molar-refractivity contribution >= 4 is 5.69 Å². The quantitative estimate of drug-likeness (QED) is 0.733. The van der Waals surface area contributed by atoms with Gasteiger partial charge in [0.15, 0.2) is 11.5 Å². The molecule has 0 saturated heterocycles. The van der Waals surface area contributed by atoms with Gasteiger partial charge in [0.1, 0.15) is 0 Å². The number of ether oxygens (including phenoxy) is 2. The van der Waals surface area contributed by atoms with Gasteiger partial charge in [0.2, 0.25) is 0 Å². The van der Waals surface area contributed by atoms with E-state index in [1.54, 1.807) is 0 Å². The van der Waals surface area contributed by atoms with Crippen molar-refractivity contribution in [2.24, 2.45) is 0 Å². The van der Waals surface area contributed by atoms with Gasteiger partial charge in [-0.05, 0) is 12.1 Å². The molecule has 0 aromatic heterocycles. The second kappa shape index (κ2) is 4.34. The minimum atomic E-state index is -3.63. The zero-order valence-electron chi connectivity index (χ0n) is 8.69. The molecule has 0 radical (unpaired) electrons. The fraction of sp³-hybridized carbons (Fsp3) is 0.400. The third-order valence-electron chi connectivity index (χ3n) is 2.15. The molecule has 0 bridgehead atoms. The van der Waals surface area contributed by atoms with Gasteiger partial charge in [-0.2, -0.15) is 0 Å². The van der Waals surface area contributed by atoms with Crippen molar-refractivity contribution in [3.8, 4) is 11.5 Å². The van der Waals surface area contributed by atoms with E-state index in [9.17, 15) is 8.78 Å². The SMILES string of the molecule is OCC(O)CNc1ccc2c(c1)OC(F)(F)O2. The van der Waals surface area contributed by atoms with E-state index in [0.29, 0.717) is 5.69 Å². The number of fused-ring (bicyclic) bond motifs is 1. The Morgan fingerprint density at radius 3 is 2.71 bits per heavy atom. The molecule has 0 amide bonds. The molecule has 1 aromatic rings. The van der Waals surface area contributed by atoms with Crippen LogP contribution < -0.4 is 14.8 Å². The number of nitrogens with one attached hydrogen (secondary N) is 1. The smallest absolute Gasteiger partial charge is 0.395 e. The number of hydrogen-bond donors (Lipinski definition) is 3. The maximum absolute atomic E-state index is 12.7. The van der Waals surface area contributed by atoms with Gasteiger partial charge in [-0.25, -0.2) is 0 Å². The molecule has 1 unspecified atom stereocenters. The van der Waals surface area contributed by atoms with Crippen molar-refractivity contribution in [1.29, 1.82) is 0 Å². The van der Waals surface area contributed by atoms with Crippen molar-refractivity contribution in [2.45, 2.75) is 12.4 Å². The first-order valence-electron chi connectivity index (χ1n) is 4.93. The van der Waals surface area contributed by atoms with Gasteiger partial charge in [-0.15, -0.1) is 8.78 Å². The van der Waals surface area contributed by atoms with Crippen LogP contribution >= 0.6 is 0 Å². The lowest BCUT2D eigenvalue weighted by molar-refractivity contribution is -0.286. The van der Waals surface area contributed by atoms with Crippen LogP contribution in [0.5, 0.6) is 11.5 Å². The fourth-order valence-electron chi connectivity index (χ4n) is 1.36. The Hall–Kier alpha value is -1.60. The summed E-state index contributed by atoms with van der Waals surface area (Å²) in [6.45, 7) is -0.276. The maximum Gasteiger partial charge on any atom is 0.586 e. The molecule has 1 heterocycles. The average molecular weight is 247 g/mol. The fourth-order valence-corrected chi connectivity index (χ4v) is 1.36. The number of aliphatic hydroxyl groups excluding tert-OH is 2. The minimum Gasteiger partial charge on any atom is -0.395 e. The number of benzene rings is 1. The molecule has 3 N–H and O–H groups in total. The van der Waals surface area contributed by atoms with E-state index in [4.69, 9.17) is 10.2 Å². The van der Waals surface area contributed by atoms with Gasteiger partial charge >= 0.3 is 6.29 Å². The largest absolute Gasteiger partial charge is 0.586 e. The molecule has 0 aliphatic carbocycles. The lowest BCUT2D eigenvalue weighted by Gasteiger charge is -2.10. The molecule has 7 heteroatoms. The van der Waals surface area contributed by atoms with Crippen LogP contribution in [0.4, 0.5) is 14.5 Å². The van der Waals surface area contributed by atoms with E-state index >= 15 is 0 Å². The van der Waals surface area contributed by atoms with Gasteiger partial charge in [-0.3, -0.25) is 0 Å². The number of anilines is 1. The van der Waals surface area contributed by atoms with Crippen LogP contribution in [0.25, 0.3) is 0 Å². The van der Waals surface area contributed by atoms with Gasteiger partial charge in [0.25, 0.3) is 0 Å². The Balaban J connectivity index is 2.04. The van der Waals surface area contributed by atoms with Crippen molar-refractivity contribution in [3.05, 3.63) is 18.2 Å². The summed E-state index contributed by atoms with van der Waals surface area (Å²) in [4.78, 5) is 0. The summed E-state index contributed by atoms with van der Waals surface area (Å²) in [5, 5.41) is 20.5. The molecule has 0 saturated carbocycles. The van der Waals surface area contributed by atoms with E-state index in [2.05, 4.69) is 14.8 Å². The number of halogens is 2. The third kappa shape index (κ3) is 2.75. The van der Waals surface area contributed by atoms with Crippen LogP contribution in [0.15, 0.2) is 18.2 Å². The van der Waals surface area contributed by atoms with Crippen molar-refractivity contribution < 1.29 is 28.5 Å². The summed E-state index contributed by atoms with van der Waals surface area (Å²) >= 11 is 0. The Morgan fingerprint density at radius 1 is 1.29 bits per heavy atom. The average Bonchev–Trinajstić information content (AvgIpc) is 2.58. The molecule has 1 atom stereocenters. The second-order valence-corrected chi connectivity index (χ2v) is 3.55. The predicted molar refractivity (Wildman–Crippen MR) is 54.2 cm³/mol. The van der Waals surface area contributed by atoms with E-state index in [1.807, 2.05) is 0 Å². The second-order valence-electron chi connectivity index (χ2n) is 3.55. The molecule has 0 spiro atoms. The molecule has 1 aromatic carbocycles. The Morgan fingerprint density at radius 2 is 2.00 bits per heavy atom. The van der Waals surface area contributed by atoms with E-state index in [0.717, 1.165) is 0 Å². The van der Waals surface area contributed by atoms with Crippen LogP contribution in [-0.4, -0.2) is 35.8 Å². The Kier molecular flexibility index (Phi) is 3.03. The van der Waals surface area contributed by atoms with Crippen molar-refractivity contribution in [3.63, 3.8) is 0 Å². The Bertz CT molecular complexity index is 413. The van der Waals surface area contributed by atoms with E-state index in [1.165, 1.54) is 18.2 Å². The van der Waals surface area contributed by atoms with Gasteiger partial charge in [-0.1, -0.05) is 0 Å². The zero-order valence-corrected chi connectivity index (χ0v) is 8.69. The third-order valence-corrected chi connectivity index (χ3v) is 2.15. The van der Waals surface area contributed by atoms with Crippen LogP contribution in [-0.2, 0) is 0 Å². The Labute approximate surface area is 95.6 Å². The lowest BCUT2D eigenvalue weighted by Crippen LogP contribution is -2.26. The van der Waals surface area contributed by atoms with Crippen LogP contribution in [0.1, 0.15) is 0 Å². The number of alkyl halides is 2. The molecule has 0 fully saturated rings.